The molecule has 3 heterocycles. The van der Waals surface area contributed by atoms with E-state index in [0.29, 0.717) is 25.2 Å². The molecule has 0 spiro atoms. The minimum atomic E-state index is -3.56. The SMILES string of the molecule is CN(CC1CCCN(C(=O)C2=CC=CN3CCS(=O)(=O)N=C23)C1)C(=O)OC(C)(C)C. The van der Waals surface area contributed by atoms with Gasteiger partial charge < -0.3 is 19.4 Å². The van der Waals surface area contributed by atoms with E-state index in [9.17, 15) is 18.0 Å². The fraction of sp³-hybridized carbons (Fsp3) is 0.650. The lowest BCUT2D eigenvalue weighted by atomic mass is 9.96. The molecule has 3 aliphatic heterocycles. The molecule has 1 saturated heterocycles. The number of amides is 2. The van der Waals surface area contributed by atoms with Crippen LogP contribution in [0.5, 0.6) is 0 Å². The Morgan fingerprint density at radius 3 is 2.73 bits per heavy atom. The highest BCUT2D eigenvalue weighted by Gasteiger charge is 2.34. The average Bonchev–Trinajstić information content (AvgIpc) is 2.65. The van der Waals surface area contributed by atoms with Crippen molar-refractivity contribution in [3.05, 3.63) is 23.9 Å². The standard InChI is InChI=1S/C20H30N4O5S/c1-20(2,3)29-19(26)22(4)13-15-7-5-10-24(14-15)18(25)16-8-6-9-23-11-12-30(27,28)21-17(16)23/h6,8-9,15H,5,7,10-14H2,1-4H3. The summed E-state index contributed by atoms with van der Waals surface area (Å²) in [5.41, 5.74) is -0.268. The van der Waals surface area contributed by atoms with Gasteiger partial charge in [-0.3, -0.25) is 4.79 Å². The molecule has 0 aromatic heterocycles. The Morgan fingerprint density at radius 1 is 1.30 bits per heavy atom. The van der Waals surface area contributed by atoms with Gasteiger partial charge in [-0.05, 0) is 51.7 Å². The fourth-order valence-electron chi connectivity index (χ4n) is 3.75. The summed E-state index contributed by atoms with van der Waals surface area (Å²) in [5, 5.41) is 0. The number of nitrogens with zero attached hydrogens (tertiary/aromatic N) is 4. The van der Waals surface area contributed by atoms with Gasteiger partial charge in [0.2, 0.25) is 0 Å². The monoisotopic (exact) mass is 438 g/mol. The van der Waals surface area contributed by atoms with Crippen LogP contribution < -0.4 is 0 Å². The number of likely N-dealkylation sites (tertiary alicyclic amines) is 1. The molecule has 10 heteroatoms. The Labute approximate surface area is 178 Å². The molecule has 0 aromatic rings. The van der Waals surface area contributed by atoms with Crippen LogP contribution in [0.25, 0.3) is 0 Å². The van der Waals surface area contributed by atoms with Crippen molar-refractivity contribution < 1.29 is 22.7 Å². The Bertz CT molecular complexity index is 901. The first-order valence-electron chi connectivity index (χ1n) is 10.2. The van der Waals surface area contributed by atoms with Crippen molar-refractivity contribution in [2.24, 2.45) is 10.3 Å². The lowest BCUT2D eigenvalue weighted by Crippen LogP contribution is -2.48. The molecule has 2 amide bonds. The Morgan fingerprint density at radius 2 is 2.03 bits per heavy atom. The van der Waals surface area contributed by atoms with Crippen LogP contribution in [0.15, 0.2) is 28.3 Å². The number of carbonyl (C=O) groups is 2. The van der Waals surface area contributed by atoms with Crippen molar-refractivity contribution in [2.45, 2.75) is 39.2 Å². The molecule has 3 aliphatic rings. The van der Waals surface area contributed by atoms with E-state index < -0.39 is 15.6 Å². The van der Waals surface area contributed by atoms with Crippen molar-refractivity contribution in [1.82, 2.24) is 14.7 Å². The molecule has 3 rings (SSSR count). The van der Waals surface area contributed by atoms with E-state index in [1.54, 1.807) is 40.1 Å². The first kappa shape index (κ1) is 22.3. The highest BCUT2D eigenvalue weighted by molar-refractivity contribution is 7.90. The molecule has 0 saturated carbocycles. The van der Waals surface area contributed by atoms with Crippen LogP contribution >= 0.6 is 0 Å². The van der Waals surface area contributed by atoms with Gasteiger partial charge in [0, 0.05) is 39.4 Å². The second-order valence-corrected chi connectivity index (χ2v) is 10.7. The molecule has 0 aliphatic carbocycles. The number of allylic oxidation sites excluding steroid dienone is 2. The Balaban J connectivity index is 1.67. The molecular formula is C20H30N4O5S. The molecular weight excluding hydrogens is 408 g/mol. The highest BCUT2D eigenvalue weighted by atomic mass is 32.2. The van der Waals surface area contributed by atoms with Crippen LogP contribution in [0.3, 0.4) is 0 Å². The Kier molecular flexibility index (Phi) is 6.26. The smallest absolute Gasteiger partial charge is 0.410 e. The van der Waals surface area contributed by atoms with Crippen molar-refractivity contribution in [3.8, 4) is 0 Å². The number of piperidine rings is 1. The van der Waals surface area contributed by atoms with E-state index in [4.69, 9.17) is 4.74 Å². The molecule has 1 fully saturated rings. The summed E-state index contributed by atoms with van der Waals surface area (Å²) in [6, 6.07) is 0. The third-order valence-corrected chi connectivity index (χ3v) is 6.28. The van der Waals surface area contributed by atoms with Gasteiger partial charge in [0.15, 0.2) is 5.84 Å². The zero-order chi connectivity index (χ0) is 22.1. The van der Waals surface area contributed by atoms with Gasteiger partial charge >= 0.3 is 6.09 Å². The van der Waals surface area contributed by atoms with Crippen LogP contribution in [-0.2, 0) is 19.6 Å². The topological polar surface area (TPSA) is 99.6 Å². The molecule has 0 N–H and O–H groups in total. The van der Waals surface area contributed by atoms with Gasteiger partial charge in [-0.1, -0.05) is 0 Å². The number of hydrogen-bond acceptors (Lipinski definition) is 6. The van der Waals surface area contributed by atoms with E-state index in [1.165, 1.54) is 0 Å². The average molecular weight is 439 g/mol. The molecule has 30 heavy (non-hydrogen) atoms. The van der Waals surface area contributed by atoms with Crippen LogP contribution in [-0.4, -0.2) is 85.5 Å². The maximum absolute atomic E-state index is 13.2. The van der Waals surface area contributed by atoms with E-state index in [0.717, 1.165) is 12.8 Å². The van der Waals surface area contributed by atoms with Crippen LogP contribution in [0.2, 0.25) is 0 Å². The zero-order valence-electron chi connectivity index (χ0n) is 18.0. The molecule has 9 nitrogen and oxygen atoms in total. The summed E-state index contributed by atoms with van der Waals surface area (Å²) in [4.78, 5) is 30.4. The number of rotatable bonds is 3. The number of amidine groups is 1. The highest BCUT2D eigenvalue weighted by Crippen LogP contribution is 2.24. The first-order chi connectivity index (χ1) is 14.0. The molecule has 0 radical (unpaired) electrons. The summed E-state index contributed by atoms with van der Waals surface area (Å²) < 4.78 is 33.1. The fourth-order valence-corrected chi connectivity index (χ4v) is 4.74. The predicted molar refractivity (Wildman–Crippen MR) is 113 cm³/mol. The van der Waals surface area contributed by atoms with E-state index in [-0.39, 0.29) is 36.1 Å². The molecule has 1 atom stereocenters. The second kappa shape index (κ2) is 8.41. The Hall–Kier alpha value is -2.36. The second-order valence-electron chi connectivity index (χ2n) is 8.94. The van der Waals surface area contributed by atoms with Crippen molar-refractivity contribution in [3.63, 3.8) is 0 Å². The van der Waals surface area contributed by atoms with Gasteiger partial charge in [-0.15, -0.1) is 4.40 Å². The number of fused-ring (bicyclic) bond motifs is 1. The van der Waals surface area contributed by atoms with Crippen LogP contribution in [0.1, 0.15) is 33.6 Å². The number of hydrogen-bond donors (Lipinski definition) is 0. The summed E-state index contributed by atoms with van der Waals surface area (Å²) in [6.07, 6.45) is 6.42. The van der Waals surface area contributed by atoms with Crippen LogP contribution in [0.4, 0.5) is 4.79 Å². The lowest BCUT2D eigenvalue weighted by molar-refractivity contribution is -0.128. The summed E-state index contributed by atoms with van der Waals surface area (Å²) in [5.74, 6) is 0.0186. The lowest BCUT2D eigenvalue weighted by Gasteiger charge is -2.37. The minimum Gasteiger partial charge on any atom is -0.444 e. The largest absolute Gasteiger partial charge is 0.444 e. The molecule has 0 aromatic carbocycles. The normalized spacial score (nSPS) is 23.3. The number of carbonyl (C=O) groups excluding carboxylic acids is 2. The van der Waals surface area contributed by atoms with E-state index in [2.05, 4.69) is 4.40 Å². The molecule has 166 valence electrons. The number of sulfonamides is 1. The summed E-state index contributed by atoms with van der Waals surface area (Å²) >= 11 is 0. The quantitative estimate of drug-likeness (QED) is 0.663. The summed E-state index contributed by atoms with van der Waals surface area (Å²) in [7, 11) is -1.86. The van der Waals surface area contributed by atoms with Gasteiger partial charge in [0.1, 0.15) is 5.60 Å². The van der Waals surface area contributed by atoms with Crippen molar-refractivity contribution in [1.29, 1.82) is 0 Å². The summed E-state index contributed by atoms with van der Waals surface area (Å²) in [6.45, 7) is 7.32. The first-order valence-corrected chi connectivity index (χ1v) is 11.8. The zero-order valence-corrected chi connectivity index (χ0v) is 18.8. The minimum absolute atomic E-state index is 0.0644. The predicted octanol–water partition coefficient (Wildman–Crippen LogP) is 1.59. The third-order valence-electron chi connectivity index (χ3n) is 5.13. The number of ether oxygens (including phenoxy) is 1. The maximum Gasteiger partial charge on any atom is 0.410 e. The van der Waals surface area contributed by atoms with Gasteiger partial charge in [0.25, 0.3) is 15.9 Å². The maximum atomic E-state index is 13.2. The molecule has 1 unspecified atom stereocenters. The molecule has 0 bridgehead atoms. The van der Waals surface area contributed by atoms with Crippen molar-refractivity contribution >= 4 is 27.9 Å². The van der Waals surface area contributed by atoms with E-state index in [1.807, 2.05) is 20.8 Å². The van der Waals surface area contributed by atoms with Gasteiger partial charge in [0.05, 0.1) is 11.3 Å². The van der Waals surface area contributed by atoms with E-state index >= 15 is 0 Å². The van der Waals surface area contributed by atoms with Crippen molar-refractivity contribution in [2.75, 3.05) is 39.0 Å². The third kappa shape index (κ3) is 5.41. The van der Waals surface area contributed by atoms with Gasteiger partial charge in [-0.25, -0.2) is 13.2 Å². The van der Waals surface area contributed by atoms with Gasteiger partial charge in [-0.2, -0.15) is 0 Å². The van der Waals surface area contributed by atoms with Crippen LogP contribution in [0, 0.1) is 5.92 Å².